The van der Waals surface area contributed by atoms with Crippen molar-refractivity contribution in [3.63, 3.8) is 0 Å². The predicted molar refractivity (Wildman–Crippen MR) is 66.2 cm³/mol. The number of urea groups is 1. The first kappa shape index (κ1) is 13.3. The number of hydrogen-bond donors (Lipinski definition) is 3. The molecule has 0 radical (unpaired) electrons. The van der Waals surface area contributed by atoms with Gasteiger partial charge in [0.1, 0.15) is 0 Å². The Labute approximate surface area is 98.3 Å². The van der Waals surface area contributed by atoms with E-state index in [4.69, 9.17) is 5.73 Å². The Balaban J connectivity index is 2.28. The average Bonchev–Trinajstić information content (AvgIpc) is 2.20. The van der Waals surface area contributed by atoms with Crippen molar-refractivity contribution in [3.05, 3.63) is 0 Å². The van der Waals surface area contributed by atoms with Crippen LogP contribution >= 0.6 is 0 Å². The van der Waals surface area contributed by atoms with E-state index in [0.717, 1.165) is 18.8 Å². The van der Waals surface area contributed by atoms with Crippen molar-refractivity contribution in [3.8, 4) is 0 Å². The molecule has 1 aliphatic rings. The lowest BCUT2D eigenvalue weighted by Gasteiger charge is -2.36. The lowest BCUT2D eigenvalue weighted by Crippen LogP contribution is -2.54. The molecule has 0 aromatic heterocycles. The van der Waals surface area contributed by atoms with Crippen molar-refractivity contribution < 1.29 is 4.79 Å². The first-order valence-corrected chi connectivity index (χ1v) is 6.24. The highest BCUT2D eigenvalue weighted by Crippen LogP contribution is 2.29. The van der Waals surface area contributed by atoms with Crippen LogP contribution in [0.1, 0.15) is 46.5 Å². The van der Waals surface area contributed by atoms with Crippen molar-refractivity contribution >= 4 is 6.03 Å². The third kappa shape index (κ3) is 4.39. The normalized spacial score (nSPS) is 30.2. The molecule has 0 aromatic rings. The lowest BCUT2D eigenvalue weighted by atomic mass is 9.78. The molecule has 4 nitrogen and oxygen atoms in total. The van der Waals surface area contributed by atoms with E-state index in [-0.39, 0.29) is 17.6 Å². The lowest BCUT2D eigenvalue weighted by molar-refractivity contribution is 0.218. The van der Waals surface area contributed by atoms with Gasteiger partial charge in [0.2, 0.25) is 0 Å². The minimum atomic E-state index is -0.194. The third-order valence-electron chi connectivity index (χ3n) is 3.29. The fraction of sp³-hybridized carbons (Fsp3) is 0.917. The molecule has 0 heterocycles. The van der Waals surface area contributed by atoms with Crippen LogP contribution in [0.4, 0.5) is 4.79 Å². The molecule has 1 saturated carbocycles. The SMILES string of the molecule is CC1CCC(N)(CNC(=O)NC(C)C)CC1. The zero-order chi connectivity index (χ0) is 12.2. The van der Waals surface area contributed by atoms with E-state index in [9.17, 15) is 4.79 Å². The minimum Gasteiger partial charge on any atom is -0.336 e. The molecule has 0 bridgehead atoms. The predicted octanol–water partition coefficient (Wildman–Crippen LogP) is 1.60. The first-order chi connectivity index (χ1) is 7.41. The number of carbonyl (C=O) groups excluding carboxylic acids is 1. The summed E-state index contributed by atoms with van der Waals surface area (Å²) in [5.74, 6) is 0.779. The summed E-state index contributed by atoms with van der Waals surface area (Å²) in [4.78, 5) is 11.4. The Morgan fingerprint density at radius 3 is 2.50 bits per heavy atom. The van der Waals surface area contributed by atoms with Gasteiger partial charge in [-0.15, -0.1) is 0 Å². The van der Waals surface area contributed by atoms with Gasteiger partial charge in [0.25, 0.3) is 0 Å². The van der Waals surface area contributed by atoms with Gasteiger partial charge in [-0.1, -0.05) is 6.92 Å². The van der Waals surface area contributed by atoms with Crippen LogP contribution in [0.15, 0.2) is 0 Å². The Morgan fingerprint density at radius 1 is 1.44 bits per heavy atom. The molecule has 0 atom stereocenters. The highest BCUT2D eigenvalue weighted by atomic mass is 16.2. The van der Waals surface area contributed by atoms with Gasteiger partial charge < -0.3 is 16.4 Å². The molecule has 1 rings (SSSR count). The molecular formula is C12H25N3O. The summed E-state index contributed by atoms with van der Waals surface area (Å²) in [6.07, 6.45) is 4.36. The summed E-state index contributed by atoms with van der Waals surface area (Å²) in [5, 5.41) is 5.67. The largest absolute Gasteiger partial charge is 0.336 e. The minimum absolute atomic E-state index is 0.113. The molecule has 0 unspecified atom stereocenters. The molecule has 0 aromatic carbocycles. The smallest absolute Gasteiger partial charge is 0.315 e. The molecule has 1 fully saturated rings. The quantitative estimate of drug-likeness (QED) is 0.685. The number of carbonyl (C=O) groups is 1. The van der Waals surface area contributed by atoms with Crippen molar-refractivity contribution in [1.82, 2.24) is 10.6 Å². The molecule has 94 valence electrons. The van der Waals surface area contributed by atoms with Crippen LogP contribution in [0.25, 0.3) is 0 Å². The summed E-state index contributed by atoms with van der Waals surface area (Å²) in [5.41, 5.74) is 6.06. The third-order valence-corrected chi connectivity index (χ3v) is 3.29. The van der Waals surface area contributed by atoms with Crippen LogP contribution < -0.4 is 16.4 Å². The van der Waals surface area contributed by atoms with E-state index in [1.807, 2.05) is 13.8 Å². The Bertz CT molecular complexity index is 232. The molecule has 2 amide bonds. The summed E-state index contributed by atoms with van der Waals surface area (Å²) in [7, 11) is 0. The molecule has 4 heteroatoms. The number of nitrogens with two attached hydrogens (primary N) is 1. The van der Waals surface area contributed by atoms with Crippen LogP contribution in [0.5, 0.6) is 0 Å². The van der Waals surface area contributed by atoms with Crippen molar-refractivity contribution in [2.75, 3.05) is 6.54 Å². The highest BCUT2D eigenvalue weighted by molar-refractivity contribution is 5.74. The fourth-order valence-electron chi connectivity index (χ4n) is 2.08. The van der Waals surface area contributed by atoms with E-state index in [1.54, 1.807) is 0 Å². The van der Waals surface area contributed by atoms with Crippen LogP contribution in [0.3, 0.4) is 0 Å². The van der Waals surface area contributed by atoms with Crippen molar-refractivity contribution in [1.29, 1.82) is 0 Å². The topological polar surface area (TPSA) is 67.1 Å². The first-order valence-electron chi connectivity index (χ1n) is 6.24. The van der Waals surface area contributed by atoms with Crippen molar-refractivity contribution in [2.24, 2.45) is 11.7 Å². The van der Waals surface area contributed by atoms with Gasteiger partial charge in [0, 0.05) is 18.1 Å². The van der Waals surface area contributed by atoms with Crippen LogP contribution in [0, 0.1) is 5.92 Å². The molecule has 16 heavy (non-hydrogen) atoms. The fourth-order valence-corrected chi connectivity index (χ4v) is 2.08. The Morgan fingerprint density at radius 2 is 2.00 bits per heavy atom. The number of amides is 2. The zero-order valence-corrected chi connectivity index (χ0v) is 10.7. The molecular weight excluding hydrogens is 202 g/mol. The zero-order valence-electron chi connectivity index (χ0n) is 10.7. The highest BCUT2D eigenvalue weighted by Gasteiger charge is 2.30. The Hall–Kier alpha value is -0.770. The van der Waals surface area contributed by atoms with Gasteiger partial charge in [-0.2, -0.15) is 0 Å². The standard InChI is InChI=1S/C12H25N3O/c1-9(2)15-11(16)14-8-12(13)6-4-10(3)5-7-12/h9-10H,4-8,13H2,1-3H3,(H2,14,15,16). The monoisotopic (exact) mass is 227 g/mol. The molecule has 0 aliphatic heterocycles. The van der Waals surface area contributed by atoms with Crippen LogP contribution in [0.2, 0.25) is 0 Å². The van der Waals surface area contributed by atoms with Gasteiger partial charge in [0.05, 0.1) is 0 Å². The van der Waals surface area contributed by atoms with E-state index >= 15 is 0 Å². The van der Waals surface area contributed by atoms with Gasteiger partial charge >= 0.3 is 6.03 Å². The maximum Gasteiger partial charge on any atom is 0.315 e. The van der Waals surface area contributed by atoms with E-state index in [2.05, 4.69) is 17.6 Å². The van der Waals surface area contributed by atoms with Crippen LogP contribution in [-0.4, -0.2) is 24.2 Å². The summed E-state index contributed by atoms with van der Waals surface area (Å²) >= 11 is 0. The van der Waals surface area contributed by atoms with Crippen LogP contribution in [-0.2, 0) is 0 Å². The second-order valence-electron chi connectivity index (χ2n) is 5.53. The van der Waals surface area contributed by atoms with Crippen molar-refractivity contribution in [2.45, 2.75) is 58.0 Å². The van der Waals surface area contributed by atoms with Gasteiger partial charge in [-0.05, 0) is 45.4 Å². The maximum absolute atomic E-state index is 11.4. The van der Waals surface area contributed by atoms with Gasteiger partial charge in [-0.25, -0.2) is 4.79 Å². The van der Waals surface area contributed by atoms with Gasteiger partial charge in [-0.3, -0.25) is 0 Å². The maximum atomic E-state index is 11.4. The molecule has 0 spiro atoms. The van der Waals surface area contributed by atoms with E-state index in [1.165, 1.54) is 12.8 Å². The summed E-state index contributed by atoms with van der Waals surface area (Å²) in [6, 6.07) is 0.0542. The van der Waals surface area contributed by atoms with E-state index in [0.29, 0.717) is 6.54 Å². The summed E-state index contributed by atoms with van der Waals surface area (Å²) < 4.78 is 0. The number of rotatable bonds is 3. The molecule has 0 saturated heterocycles. The number of hydrogen-bond acceptors (Lipinski definition) is 2. The second kappa shape index (κ2) is 5.53. The second-order valence-corrected chi connectivity index (χ2v) is 5.53. The number of nitrogens with one attached hydrogen (secondary N) is 2. The molecule has 1 aliphatic carbocycles. The Kier molecular flexibility index (Phi) is 4.59. The van der Waals surface area contributed by atoms with E-state index < -0.39 is 0 Å². The van der Waals surface area contributed by atoms with Gasteiger partial charge in [0.15, 0.2) is 0 Å². The average molecular weight is 227 g/mol. The molecule has 4 N–H and O–H groups in total. The summed E-state index contributed by atoms with van der Waals surface area (Å²) in [6.45, 7) is 6.73.